The Hall–Kier alpha value is -1.71. The summed E-state index contributed by atoms with van der Waals surface area (Å²) in [5.41, 5.74) is 0.980. The first-order valence-corrected chi connectivity index (χ1v) is 3.65. The minimum Gasteiger partial charge on any atom is -0.245 e. The van der Waals surface area contributed by atoms with Gasteiger partial charge in [-0.3, -0.25) is 0 Å². The smallest absolute Gasteiger partial charge is 0.156 e. The van der Waals surface area contributed by atoms with Gasteiger partial charge in [-0.05, 0) is 13.0 Å². The number of aromatic nitrogens is 4. The summed E-state index contributed by atoms with van der Waals surface area (Å²) < 4.78 is 1.72. The normalized spacial score (nSPS) is 10.1. The van der Waals surface area contributed by atoms with Crippen LogP contribution in [0.1, 0.15) is 5.69 Å². The van der Waals surface area contributed by atoms with Gasteiger partial charge < -0.3 is 0 Å². The Kier molecular flexibility index (Phi) is 1.59. The fourth-order valence-electron chi connectivity index (χ4n) is 0.962. The van der Waals surface area contributed by atoms with Gasteiger partial charge in [0.15, 0.2) is 5.82 Å². The molecule has 2 heterocycles. The molecule has 0 radical (unpaired) electrons. The third kappa shape index (κ3) is 1.18. The lowest BCUT2D eigenvalue weighted by molar-refractivity contribution is 0.826. The molecule has 0 saturated heterocycles. The lowest BCUT2D eigenvalue weighted by Gasteiger charge is -1.96. The molecular weight excluding hydrogens is 152 g/mol. The lowest BCUT2D eigenvalue weighted by atomic mass is 10.5. The van der Waals surface area contributed by atoms with Crippen LogP contribution in [0.15, 0.2) is 30.9 Å². The van der Waals surface area contributed by atoms with Crippen molar-refractivity contribution in [1.82, 2.24) is 19.7 Å². The number of hydrogen-bond acceptors (Lipinski definition) is 3. The maximum absolute atomic E-state index is 4.21. The van der Waals surface area contributed by atoms with E-state index in [4.69, 9.17) is 0 Å². The van der Waals surface area contributed by atoms with Gasteiger partial charge in [-0.2, -0.15) is 5.10 Å². The van der Waals surface area contributed by atoms with Crippen molar-refractivity contribution in [1.29, 1.82) is 0 Å². The first kappa shape index (κ1) is 6.97. The largest absolute Gasteiger partial charge is 0.245 e. The van der Waals surface area contributed by atoms with Crippen molar-refractivity contribution in [2.75, 3.05) is 0 Å². The second-order valence-electron chi connectivity index (χ2n) is 2.47. The summed E-state index contributed by atoms with van der Waals surface area (Å²) in [5.74, 6) is 0.790. The molecule has 12 heavy (non-hydrogen) atoms. The van der Waals surface area contributed by atoms with Gasteiger partial charge >= 0.3 is 0 Å². The van der Waals surface area contributed by atoms with Crippen LogP contribution in [0.2, 0.25) is 0 Å². The first-order valence-electron chi connectivity index (χ1n) is 3.65. The highest BCUT2D eigenvalue weighted by Gasteiger charge is 1.96. The molecule has 2 aromatic rings. The zero-order valence-electron chi connectivity index (χ0n) is 6.68. The third-order valence-corrected chi connectivity index (χ3v) is 1.52. The van der Waals surface area contributed by atoms with Gasteiger partial charge in [-0.15, -0.1) is 0 Å². The monoisotopic (exact) mass is 160 g/mol. The molecule has 2 aromatic heterocycles. The summed E-state index contributed by atoms with van der Waals surface area (Å²) in [6.45, 7) is 1.94. The topological polar surface area (TPSA) is 43.6 Å². The minimum absolute atomic E-state index is 0.790. The van der Waals surface area contributed by atoms with Crippen molar-refractivity contribution < 1.29 is 0 Å². The van der Waals surface area contributed by atoms with Crippen molar-refractivity contribution >= 4 is 0 Å². The van der Waals surface area contributed by atoms with Crippen LogP contribution in [-0.2, 0) is 0 Å². The van der Waals surface area contributed by atoms with Crippen LogP contribution in [0.5, 0.6) is 0 Å². The average Bonchev–Trinajstić information content (AvgIpc) is 2.54. The van der Waals surface area contributed by atoms with Gasteiger partial charge in [0, 0.05) is 18.5 Å². The average molecular weight is 160 g/mol. The molecule has 0 aliphatic heterocycles. The van der Waals surface area contributed by atoms with Crippen LogP contribution in [0.25, 0.3) is 5.82 Å². The molecule has 0 aromatic carbocycles. The third-order valence-electron chi connectivity index (χ3n) is 1.52. The van der Waals surface area contributed by atoms with Gasteiger partial charge in [-0.25, -0.2) is 14.6 Å². The molecule has 2 rings (SSSR count). The summed E-state index contributed by atoms with van der Waals surface area (Å²) in [5, 5.41) is 4.21. The molecule has 0 bridgehead atoms. The van der Waals surface area contributed by atoms with Gasteiger partial charge in [0.05, 0.1) is 5.69 Å². The zero-order valence-corrected chi connectivity index (χ0v) is 6.68. The van der Waals surface area contributed by atoms with Gasteiger partial charge in [0.25, 0.3) is 0 Å². The van der Waals surface area contributed by atoms with Crippen molar-refractivity contribution in [3.8, 4) is 5.82 Å². The van der Waals surface area contributed by atoms with Crippen molar-refractivity contribution in [2.24, 2.45) is 0 Å². The number of hydrogen-bond donors (Lipinski definition) is 0. The Bertz CT molecular complexity index is 366. The van der Waals surface area contributed by atoms with Crippen LogP contribution in [0, 0.1) is 6.92 Å². The van der Waals surface area contributed by atoms with Gasteiger partial charge in [0.1, 0.15) is 6.33 Å². The highest BCUT2D eigenvalue weighted by molar-refractivity contribution is 5.18. The quantitative estimate of drug-likeness (QED) is 0.624. The Morgan fingerprint density at radius 2 is 2.25 bits per heavy atom. The molecule has 4 nitrogen and oxygen atoms in total. The van der Waals surface area contributed by atoms with Crippen LogP contribution < -0.4 is 0 Å². The predicted octanol–water partition coefficient (Wildman–Crippen LogP) is 0.971. The van der Waals surface area contributed by atoms with E-state index < -0.39 is 0 Å². The lowest BCUT2D eigenvalue weighted by Crippen LogP contribution is -1.97. The summed E-state index contributed by atoms with van der Waals surface area (Å²) in [7, 11) is 0. The SMILES string of the molecule is Cc1ccn(-c2ccncn2)n1. The van der Waals surface area contributed by atoms with E-state index in [0.717, 1.165) is 11.5 Å². The molecule has 0 aliphatic rings. The minimum atomic E-state index is 0.790. The van der Waals surface area contributed by atoms with E-state index in [1.54, 1.807) is 10.9 Å². The first-order chi connectivity index (χ1) is 5.86. The van der Waals surface area contributed by atoms with E-state index in [-0.39, 0.29) is 0 Å². The van der Waals surface area contributed by atoms with Crippen molar-refractivity contribution in [3.63, 3.8) is 0 Å². The molecule has 0 fully saturated rings. The number of rotatable bonds is 1. The highest BCUT2D eigenvalue weighted by Crippen LogP contribution is 2.00. The molecule has 0 saturated carbocycles. The fraction of sp³-hybridized carbons (Fsp3) is 0.125. The molecule has 0 unspecified atom stereocenters. The Labute approximate surface area is 69.9 Å². The van der Waals surface area contributed by atoms with Crippen LogP contribution in [0.3, 0.4) is 0 Å². The van der Waals surface area contributed by atoms with E-state index in [0.29, 0.717) is 0 Å². The fourth-order valence-corrected chi connectivity index (χ4v) is 0.962. The predicted molar refractivity (Wildman–Crippen MR) is 43.9 cm³/mol. The Balaban J connectivity index is 2.45. The van der Waals surface area contributed by atoms with Crippen LogP contribution in [0.4, 0.5) is 0 Å². The standard InChI is InChI=1S/C8H8N4/c1-7-3-5-12(11-7)8-2-4-9-6-10-8/h2-6H,1H3. The van der Waals surface area contributed by atoms with E-state index >= 15 is 0 Å². The van der Waals surface area contributed by atoms with Crippen LogP contribution >= 0.6 is 0 Å². The maximum Gasteiger partial charge on any atom is 0.156 e. The molecular formula is C8H8N4. The molecule has 60 valence electrons. The van der Waals surface area contributed by atoms with E-state index in [2.05, 4.69) is 15.1 Å². The summed E-state index contributed by atoms with van der Waals surface area (Å²) in [6.07, 6.45) is 5.07. The summed E-state index contributed by atoms with van der Waals surface area (Å²) in [4.78, 5) is 7.88. The molecule has 0 amide bonds. The Morgan fingerprint density at radius 1 is 1.33 bits per heavy atom. The Morgan fingerprint density at radius 3 is 2.83 bits per heavy atom. The zero-order chi connectivity index (χ0) is 8.39. The van der Waals surface area contributed by atoms with E-state index in [1.807, 2.05) is 25.3 Å². The maximum atomic E-state index is 4.21. The second-order valence-corrected chi connectivity index (χ2v) is 2.47. The van der Waals surface area contributed by atoms with E-state index in [1.165, 1.54) is 6.33 Å². The molecule has 0 atom stereocenters. The van der Waals surface area contributed by atoms with Crippen LogP contribution in [-0.4, -0.2) is 19.7 Å². The number of aryl methyl sites for hydroxylation is 1. The molecule has 4 heteroatoms. The van der Waals surface area contributed by atoms with Crippen molar-refractivity contribution in [3.05, 3.63) is 36.5 Å². The molecule has 0 aliphatic carbocycles. The molecule has 0 N–H and O–H groups in total. The van der Waals surface area contributed by atoms with Crippen molar-refractivity contribution in [2.45, 2.75) is 6.92 Å². The molecule has 0 spiro atoms. The van der Waals surface area contributed by atoms with Gasteiger partial charge in [-0.1, -0.05) is 0 Å². The second kappa shape index (κ2) is 2.73. The van der Waals surface area contributed by atoms with Gasteiger partial charge in [0.2, 0.25) is 0 Å². The van der Waals surface area contributed by atoms with E-state index in [9.17, 15) is 0 Å². The summed E-state index contributed by atoms with van der Waals surface area (Å²) in [6, 6.07) is 3.74. The summed E-state index contributed by atoms with van der Waals surface area (Å²) >= 11 is 0. The highest BCUT2D eigenvalue weighted by atomic mass is 15.3. The number of nitrogens with zero attached hydrogens (tertiary/aromatic N) is 4.